The summed E-state index contributed by atoms with van der Waals surface area (Å²) in [6, 6.07) is 2.19. The molecule has 1 unspecified atom stereocenters. The van der Waals surface area contributed by atoms with E-state index < -0.39 is 6.10 Å². The molecule has 0 radical (unpaired) electrons. The standard InChI is InChI=1S/C13H16N2OS2/c1-15-7-9(6-14-15)4-11(16)13-5-10-8-17-3-2-12(10)18-13/h5-7,11,16H,2-4,8H2,1H3. The summed E-state index contributed by atoms with van der Waals surface area (Å²) in [5, 5.41) is 14.4. The summed E-state index contributed by atoms with van der Waals surface area (Å²) in [5.74, 6) is 2.32. The van der Waals surface area contributed by atoms with Crippen LogP contribution in [0, 0.1) is 0 Å². The first-order valence-corrected chi connectivity index (χ1v) is 8.04. The summed E-state index contributed by atoms with van der Waals surface area (Å²) < 4.78 is 1.78. The average molecular weight is 280 g/mol. The van der Waals surface area contributed by atoms with Crippen LogP contribution >= 0.6 is 23.1 Å². The highest BCUT2D eigenvalue weighted by molar-refractivity contribution is 7.98. The maximum Gasteiger partial charge on any atom is 0.0923 e. The van der Waals surface area contributed by atoms with Crippen molar-refractivity contribution in [1.82, 2.24) is 9.78 Å². The van der Waals surface area contributed by atoms with Crippen LogP contribution in [0.2, 0.25) is 0 Å². The Balaban J connectivity index is 1.75. The molecule has 2 aromatic heterocycles. The van der Waals surface area contributed by atoms with Crippen molar-refractivity contribution in [2.75, 3.05) is 5.75 Å². The zero-order valence-electron chi connectivity index (χ0n) is 10.3. The van der Waals surface area contributed by atoms with Crippen molar-refractivity contribution < 1.29 is 5.11 Å². The van der Waals surface area contributed by atoms with Gasteiger partial charge in [0.05, 0.1) is 12.3 Å². The Labute approximate surface area is 115 Å². The van der Waals surface area contributed by atoms with Gasteiger partial charge in [0.2, 0.25) is 0 Å². The molecule has 0 aliphatic carbocycles. The van der Waals surface area contributed by atoms with Crippen LogP contribution in [0.25, 0.3) is 0 Å². The molecular formula is C13H16N2OS2. The number of fused-ring (bicyclic) bond motifs is 1. The van der Waals surface area contributed by atoms with Crippen LogP contribution in [0.15, 0.2) is 18.5 Å². The lowest BCUT2D eigenvalue weighted by Crippen LogP contribution is -1.98. The molecule has 18 heavy (non-hydrogen) atoms. The largest absolute Gasteiger partial charge is 0.387 e. The molecule has 0 amide bonds. The van der Waals surface area contributed by atoms with E-state index in [0.717, 1.165) is 22.6 Å². The predicted molar refractivity (Wildman–Crippen MR) is 76.1 cm³/mol. The van der Waals surface area contributed by atoms with Gasteiger partial charge in [-0.2, -0.15) is 16.9 Å². The van der Waals surface area contributed by atoms with E-state index in [1.165, 1.54) is 16.2 Å². The number of rotatable bonds is 3. The van der Waals surface area contributed by atoms with E-state index in [1.807, 2.05) is 31.2 Å². The van der Waals surface area contributed by atoms with Crippen molar-refractivity contribution in [2.24, 2.45) is 7.05 Å². The molecule has 3 nitrogen and oxygen atoms in total. The fourth-order valence-electron chi connectivity index (χ4n) is 2.24. The van der Waals surface area contributed by atoms with E-state index in [4.69, 9.17) is 0 Å². The van der Waals surface area contributed by atoms with Crippen molar-refractivity contribution in [1.29, 1.82) is 0 Å². The first-order valence-electron chi connectivity index (χ1n) is 6.07. The van der Waals surface area contributed by atoms with Crippen LogP contribution in [-0.4, -0.2) is 20.6 Å². The summed E-state index contributed by atoms with van der Waals surface area (Å²) in [5.41, 5.74) is 2.52. The molecule has 0 saturated heterocycles. The van der Waals surface area contributed by atoms with E-state index in [1.54, 1.807) is 16.0 Å². The number of thiophene rings is 1. The van der Waals surface area contributed by atoms with Crippen LogP contribution in [-0.2, 0) is 25.6 Å². The number of hydrogen-bond donors (Lipinski definition) is 1. The first kappa shape index (κ1) is 12.3. The SMILES string of the molecule is Cn1cc(CC(O)c2cc3c(s2)CCSC3)cn1. The van der Waals surface area contributed by atoms with Gasteiger partial charge in [0.1, 0.15) is 0 Å². The van der Waals surface area contributed by atoms with Gasteiger partial charge in [-0.1, -0.05) is 0 Å². The van der Waals surface area contributed by atoms with Gasteiger partial charge in [-0.15, -0.1) is 11.3 Å². The highest BCUT2D eigenvalue weighted by Crippen LogP contribution is 2.35. The van der Waals surface area contributed by atoms with Crippen LogP contribution in [0.1, 0.15) is 27.0 Å². The maximum atomic E-state index is 10.3. The van der Waals surface area contributed by atoms with Crippen LogP contribution in [0.5, 0.6) is 0 Å². The molecule has 3 heterocycles. The second kappa shape index (κ2) is 5.07. The Morgan fingerprint density at radius 2 is 2.44 bits per heavy atom. The number of hydrogen-bond acceptors (Lipinski definition) is 4. The number of aromatic nitrogens is 2. The van der Waals surface area contributed by atoms with Crippen LogP contribution < -0.4 is 0 Å². The number of aliphatic hydroxyl groups excluding tert-OH is 1. The molecule has 0 saturated carbocycles. The Bertz CT molecular complexity index is 523. The van der Waals surface area contributed by atoms with Crippen molar-refractivity contribution >= 4 is 23.1 Å². The lowest BCUT2D eigenvalue weighted by atomic mass is 10.1. The quantitative estimate of drug-likeness (QED) is 0.939. The fraction of sp³-hybridized carbons (Fsp3) is 0.462. The molecule has 0 spiro atoms. The lowest BCUT2D eigenvalue weighted by molar-refractivity contribution is 0.182. The number of aliphatic hydroxyl groups is 1. The molecule has 0 fully saturated rings. The summed E-state index contributed by atoms with van der Waals surface area (Å²) in [4.78, 5) is 2.57. The minimum absolute atomic E-state index is 0.394. The fourth-order valence-corrected chi connectivity index (χ4v) is 4.60. The van der Waals surface area contributed by atoms with Crippen LogP contribution in [0.4, 0.5) is 0 Å². The van der Waals surface area contributed by atoms with Gasteiger partial charge >= 0.3 is 0 Å². The van der Waals surface area contributed by atoms with Crippen molar-refractivity contribution in [3.63, 3.8) is 0 Å². The van der Waals surface area contributed by atoms with Crippen molar-refractivity contribution in [3.8, 4) is 0 Å². The van der Waals surface area contributed by atoms with Gasteiger partial charge in [-0.05, 0) is 29.4 Å². The number of nitrogens with zero attached hydrogens (tertiary/aromatic N) is 2. The van der Waals surface area contributed by atoms with Gasteiger partial charge in [0.25, 0.3) is 0 Å². The van der Waals surface area contributed by atoms with E-state index >= 15 is 0 Å². The smallest absolute Gasteiger partial charge is 0.0923 e. The molecule has 2 aromatic rings. The van der Waals surface area contributed by atoms with Gasteiger partial charge < -0.3 is 5.11 Å². The Morgan fingerprint density at radius 1 is 1.56 bits per heavy atom. The highest BCUT2D eigenvalue weighted by atomic mass is 32.2. The maximum absolute atomic E-state index is 10.3. The normalized spacial score (nSPS) is 16.6. The average Bonchev–Trinajstić information content (AvgIpc) is 2.95. The molecule has 1 aliphatic rings. The molecule has 1 N–H and O–H groups in total. The lowest BCUT2D eigenvalue weighted by Gasteiger charge is -2.08. The van der Waals surface area contributed by atoms with E-state index in [-0.39, 0.29) is 0 Å². The number of aryl methyl sites for hydroxylation is 2. The van der Waals surface area contributed by atoms with Crippen LogP contribution in [0.3, 0.4) is 0 Å². The monoisotopic (exact) mass is 280 g/mol. The minimum atomic E-state index is -0.394. The zero-order chi connectivity index (χ0) is 12.5. The second-order valence-electron chi connectivity index (χ2n) is 4.64. The summed E-state index contributed by atoms with van der Waals surface area (Å²) in [7, 11) is 1.90. The van der Waals surface area contributed by atoms with Gasteiger partial charge in [-0.25, -0.2) is 0 Å². The molecule has 1 aliphatic heterocycles. The van der Waals surface area contributed by atoms with E-state index in [0.29, 0.717) is 6.42 Å². The third-order valence-electron chi connectivity index (χ3n) is 3.16. The number of thioether (sulfide) groups is 1. The van der Waals surface area contributed by atoms with E-state index in [2.05, 4.69) is 11.2 Å². The molecular weight excluding hydrogens is 264 g/mol. The molecule has 5 heteroatoms. The van der Waals surface area contributed by atoms with Gasteiger partial charge in [0, 0.05) is 35.2 Å². The third kappa shape index (κ3) is 2.48. The van der Waals surface area contributed by atoms with Gasteiger partial charge in [0.15, 0.2) is 0 Å². The van der Waals surface area contributed by atoms with Crippen molar-refractivity contribution in [2.45, 2.75) is 24.7 Å². The van der Waals surface area contributed by atoms with Crippen molar-refractivity contribution in [3.05, 3.63) is 39.3 Å². The highest BCUT2D eigenvalue weighted by Gasteiger charge is 2.18. The summed E-state index contributed by atoms with van der Waals surface area (Å²) >= 11 is 3.76. The second-order valence-corrected chi connectivity index (χ2v) is 6.92. The van der Waals surface area contributed by atoms with E-state index in [9.17, 15) is 5.11 Å². The molecule has 3 rings (SSSR count). The molecule has 96 valence electrons. The molecule has 0 aromatic carbocycles. The minimum Gasteiger partial charge on any atom is -0.387 e. The third-order valence-corrected chi connectivity index (χ3v) is 5.51. The Hall–Kier alpha value is -0.780. The molecule has 1 atom stereocenters. The summed E-state index contributed by atoms with van der Waals surface area (Å²) in [6.07, 6.45) is 5.21. The predicted octanol–water partition coefficient (Wildman–Crippen LogP) is 2.55. The first-order chi connectivity index (χ1) is 8.72. The Morgan fingerprint density at radius 3 is 3.17 bits per heavy atom. The summed E-state index contributed by atoms with van der Waals surface area (Å²) in [6.45, 7) is 0. The van der Waals surface area contributed by atoms with Gasteiger partial charge in [-0.3, -0.25) is 4.68 Å². The topological polar surface area (TPSA) is 38.0 Å². The Kier molecular flexibility index (Phi) is 3.46. The molecule has 0 bridgehead atoms. The zero-order valence-corrected chi connectivity index (χ0v) is 11.9.